The van der Waals surface area contributed by atoms with Crippen LogP contribution in [0.5, 0.6) is 11.5 Å². The molecule has 0 aliphatic rings. The summed E-state index contributed by atoms with van der Waals surface area (Å²) in [4.78, 5) is 0. The summed E-state index contributed by atoms with van der Waals surface area (Å²) < 4.78 is 12.1. The maximum atomic E-state index is 6.34. The van der Waals surface area contributed by atoms with Gasteiger partial charge in [-0.15, -0.1) is 6.58 Å². The Morgan fingerprint density at radius 2 is 1.69 bits per heavy atom. The van der Waals surface area contributed by atoms with Crippen molar-refractivity contribution in [3.8, 4) is 11.5 Å². The first-order chi connectivity index (χ1) is 15.7. The summed E-state index contributed by atoms with van der Waals surface area (Å²) in [6.07, 6.45) is 2.61. The molecule has 0 atom stereocenters. The highest BCUT2D eigenvalue weighted by Crippen LogP contribution is 2.35. The summed E-state index contributed by atoms with van der Waals surface area (Å²) in [6, 6.07) is 27.3. The Kier molecular flexibility index (Phi) is 6.76. The molecule has 0 amide bonds. The second-order valence-electron chi connectivity index (χ2n) is 7.93. The molecular weight excluding hydrogens is 394 g/mol. The molecule has 32 heavy (non-hydrogen) atoms. The first kappa shape index (κ1) is 21.5. The van der Waals surface area contributed by atoms with Crippen molar-refractivity contribution in [1.29, 1.82) is 0 Å². The van der Waals surface area contributed by atoms with E-state index in [-0.39, 0.29) is 0 Å². The van der Waals surface area contributed by atoms with Gasteiger partial charge < -0.3 is 14.8 Å². The van der Waals surface area contributed by atoms with Gasteiger partial charge in [0.05, 0.1) is 7.11 Å². The lowest BCUT2D eigenvalue weighted by molar-refractivity contribution is 0.283. The van der Waals surface area contributed by atoms with Gasteiger partial charge in [-0.3, -0.25) is 0 Å². The van der Waals surface area contributed by atoms with Crippen LogP contribution in [0.3, 0.4) is 0 Å². The Balaban J connectivity index is 1.57. The highest BCUT2D eigenvalue weighted by molar-refractivity contribution is 5.85. The third kappa shape index (κ3) is 4.94. The lowest BCUT2D eigenvalue weighted by Gasteiger charge is -2.18. The standard InChI is InChI=1S/C29H29NO2/c1-4-8-24-17-22(19-30-26-15-13-21(2)14-16-26)18-28(31-3)29(24)32-20-25-11-7-10-23-9-5-6-12-27(23)25/h4-7,9-18,30H,1,8,19-20H2,2-3H3. The minimum Gasteiger partial charge on any atom is -0.493 e. The van der Waals surface area contributed by atoms with Gasteiger partial charge in [0.25, 0.3) is 0 Å². The van der Waals surface area contributed by atoms with Crippen molar-refractivity contribution in [3.63, 3.8) is 0 Å². The lowest BCUT2D eigenvalue weighted by Crippen LogP contribution is -2.05. The number of allylic oxidation sites excluding steroid dienone is 1. The van der Waals surface area contributed by atoms with Crippen LogP contribution in [0.2, 0.25) is 0 Å². The SMILES string of the molecule is C=CCc1cc(CNc2ccc(C)cc2)cc(OC)c1OCc1cccc2ccccc12. The number of benzene rings is 4. The maximum absolute atomic E-state index is 6.34. The van der Waals surface area contributed by atoms with Crippen LogP contribution in [-0.2, 0) is 19.6 Å². The second-order valence-corrected chi connectivity index (χ2v) is 7.93. The highest BCUT2D eigenvalue weighted by atomic mass is 16.5. The third-order valence-electron chi connectivity index (χ3n) is 5.58. The van der Waals surface area contributed by atoms with Gasteiger partial charge in [-0.05, 0) is 59.5 Å². The molecule has 1 N–H and O–H groups in total. The number of methoxy groups -OCH3 is 1. The fraction of sp³-hybridized carbons (Fsp3) is 0.172. The Bertz CT molecular complexity index is 1210. The van der Waals surface area contributed by atoms with Crippen LogP contribution in [0.1, 0.15) is 22.3 Å². The highest BCUT2D eigenvalue weighted by Gasteiger charge is 2.14. The van der Waals surface area contributed by atoms with Gasteiger partial charge in [0, 0.05) is 17.8 Å². The van der Waals surface area contributed by atoms with E-state index in [2.05, 4.69) is 91.6 Å². The average Bonchev–Trinajstić information content (AvgIpc) is 2.83. The van der Waals surface area contributed by atoms with Crippen molar-refractivity contribution in [2.75, 3.05) is 12.4 Å². The van der Waals surface area contributed by atoms with Crippen LogP contribution in [0.25, 0.3) is 10.8 Å². The van der Waals surface area contributed by atoms with E-state index in [9.17, 15) is 0 Å². The minimum atomic E-state index is 0.475. The quantitative estimate of drug-likeness (QED) is 0.292. The molecule has 3 nitrogen and oxygen atoms in total. The number of ether oxygens (including phenoxy) is 2. The summed E-state index contributed by atoms with van der Waals surface area (Å²) in [7, 11) is 1.69. The predicted molar refractivity (Wildman–Crippen MR) is 134 cm³/mol. The number of rotatable bonds is 9. The summed E-state index contributed by atoms with van der Waals surface area (Å²) >= 11 is 0. The second kappa shape index (κ2) is 10.1. The molecule has 162 valence electrons. The van der Waals surface area contributed by atoms with Crippen LogP contribution < -0.4 is 14.8 Å². The summed E-state index contributed by atoms with van der Waals surface area (Å²) in [6.45, 7) is 7.20. The molecule has 4 rings (SSSR count). The maximum Gasteiger partial charge on any atom is 0.165 e. The molecule has 0 aliphatic heterocycles. The molecule has 0 saturated carbocycles. The molecule has 0 fully saturated rings. The molecule has 0 bridgehead atoms. The topological polar surface area (TPSA) is 30.5 Å². The van der Waals surface area contributed by atoms with Crippen LogP contribution in [-0.4, -0.2) is 7.11 Å². The molecule has 3 heteroatoms. The van der Waals surface area contributed by atoms with E-state index in [4.69, 9.17) is 9.47 Å². The number of hydrogen-bond acceptors (Lipinski definition) is 3. The molecule has 0 unspecified atom stereocenters. The fourth-order valence-corrected chi connectivity index (χ4v) is 3.89. The van der Waals surface area contributed by atoms with Gasteiger partial charge >= 0.3 is 0 Å². The van der Waals surface area contributed by atoms with E-state index in [0.717, 1.165) is 33.9 Å². The normalized spacial score (nSPS) is 10.7. The zero-order valence-corrected chi connectivity index (χ0v) is 18.7. The molecule has 4 aromatic carbocycles. The van der Waals surface area contributed by atoms with E-state index in [0.29, 0.717) is 19.6 Å². The average molecular weight is 424 g/mol. The monoisotopic (exact) mass is 423 g/mol. The van der Waals surface area contributed by atoms with Gasteiger partial charge in [0.15, 0.2) is 11.5 Å². The van der Waals surface area contributed by atoms with Gasteiger partial charge in [-0.2, -0.15) is 0 Å². The number of fused-ring (bicyclic) bond motifs is 1. The Morgan fingerprint density at radius 3 is 2.47 bits per heavy atom. The van der Waals surface area contributed by atoms with Crippen molar-refractivity contribution in [1.82, 2.24) is 0 Å². The number of nitrogens with one attached hydrogen (secondary N) is 1. The third-order valence-corrected chi connectivity index (χ3v) is 5.58. The number of anilines is 1. The van der Waals surface area contributed by atoms with Gasteiger partial charge in [0.2, 0.25) is 0 Å². The summed E-state index contributed by atoms with van der Waals surface area (Å²) in [5, 5.41) is 5.90. The first-order valence-electron chi connectivity index (χ1n) is 10.9. The fourth-order valence-electron chi connectivity index (χ4n) is 3.89. The van der Waals surface area contributed by atoms with Crippen molar-refractivity contribution in [3.05, 3.63) is 114 Å². The Hall–Kier alpha value is -3.72. The van der Waals surface area contributed by atoms with E-state index in [1.165, 1.54) is 16.3 Å². The smallest absolute Gasteiger partial charge is 0.165 e. The van der Waals surface area contributed by atoms with Crippen molar-refractivity contribution >= 4 is 16.5 Å². The van der Waals surface area contributed by atoms with Crippen molar-refractivity contribution in [2.24, 2.45) is 0 Å². The zero-order valence-electron chi connectivity index (χ0n) is 18.7. The van der Waals surface area contributed by atoms with E-state index >= 15 is 0 Å². The molecule has 0 aliphatic carbocycles. The summed E-state index contributed by atoms with van der Waals surface area (Å²) in [5.74, 6) is 1.52. The van der Waals surface area contributed by atoms with E-state index in [1.54, 1.807) is 7.11 Å². The van der Waals surface area contributed by atoms with Crippen molar-refractivity contribution < 1.29 is 9.47 Å². The molecule has 0 radical (unpaired) electrons. The van der Waals surface area contributed by atoms with Gasteiger partial charge in [-0.1, -0.05) is 66.2 Å². The largest absolute Gasteiger partial charge is 0.493 e. The Labute approximate surface area is 190 Å². The molecule has 0 aromatic heterocycles. The number of aryl methyl sites for hydroxylation is 1. The van der Waals surface area contributed by atoms with Crippen LogP contribution in [0.4, 0.5) is 5.69 Å². The summed E-state index contributed by atoms with van der Waals surface area (Å²) in [5.41, 5.74) is 5.70. The van der Waals surface area contributed by atoms with Crippen molar-refractivity contribution in [2.45, 2.75) is 26.5 Å². The molecule has 0 heterocycles. The lowest BCUT2D eigenvalue weighted by atomic mass is 10.0. The predicted octanol–water partition coefficient (Wildman–Crippen LogP) is 7.08. The van der Waals surface area contributed by atoms with Gasteiger partial charge in [0.1, 0.15) is 6.61 Å². The van der Waals surface area contributed by atoms with E-state index in [1.807, 2.05) is 12.1 Å². The Morgan fingerprint density at radius 1 is 0.906 bits per heavy atom. The zero-order chi connectivity index (χ0) is 22.3. The van der Waals surface area contributed by atoms with Crippen LogP contribution in [0.15, 0.2) is 91.5 Å². The van der Waals surface area contributed by atoms with Gasteiger partial charge in [-0.25, -0.2) is 0 Å². The van der Waals surface area contributed by atoms with Crippen LogP contribution >= 0.6 is 0 Å². The first-order valence-corrected chi connectivity index (χ1v) is 10.9. The van der Waals surface area contributed by atoms with Crippen LogP contribution in [0, 0.1) is 6.92 Å². The molecule has 0 saturated heterocycles. The number of hydrogen-bond donors (Lipinski definition) is 1. The minimum absolute atomic E-state index is 0.475. The molecule has 0 spiro atoms. The van der Waals surface area contributed by atoms with E-state index < -0.39 is 0 Å². The molecule has 4 aromatic rings. The molecular formula is C29H29NO2.